The summed E-state index contributed by atoms with van der Waals surface area (Å²) in [5.74, 6) is -1.92. The van der Waals surface area contributed by atoms with Crippen molar-refractivity contribution in [2.75, 3.05) is 0 Å². The highest BCUT2D eigenvalue weighted by atomic mass is 79.9. The Morgan fingerprint density at radius 1 is 1.33 bits per heavy atom. The Morgan fingerprint density at radius 3 is 2.52 bits per heavy atom. The van der Waals surface area contributed by atoms with Crippen molar-refractivity contribution in [3.8, 4) is 11.4 Å². The van der Waals surface area contributed by atoms with Crippen LogP contribution in [0, 0.1) is 6.92 Å². The summed E-state index contributed by atoms with van der Waals surface area (Å²) in [6.07, 6.45) is -4.21. The number of hydrogen-bond acceptors (Lipinski definition) is 3. The molecule has 0 radical (unpaired) electrons. The third kappa shape index (κ3) is 3.21. The lowest BCUT2D eigenvalue weighted by Gasteiger charge is -2.11. The van der Waals surface area contributed by atoms with Crippen LogP contribution in [0.1, 0.15) is 21.6 Å². The molecule has 0 fully saturated rings. The highest BCUT2D eigenvalue weighted by Gasteiger charge is 2.38. The molecule has 0 unspecified atom stereocenters. The van der Waals surface area contributed by atoms with Crippen molar-refractivity contribution in [3.63, 3.8) is 0 Å². The molecule has 0 bridgehead atoms. The fourth-order valence-electron chi connectivity index (χ4n) is 1.69. The van der Waals surface area contributed by atoms with Gasteiger partial charge in [-0.2, -0.15) is 13.2 Å². The monoisotopic (exact) mass is 360 g/mol. The van der Waals surface area contributed by atoms with Gasteiger partial charge < -0.3 is 5.11 Å². The lowest BCUT2D eigenvalue weighted by molar-refractivity contribution is -0.141. The molecule has 0 aliphatic heterocycles. The van der Waals surface area contributed by atoms with E-state index in [0.717, 1.165) is 5.56 Å². The van der Waals surface area contributed by atoms with Crippen molar-refractivity contribution in [2.24, 2.45) is 0 Å². The van der Waals surface area contributed by atoms with E-state index in [-0.39, 0.29) is 5.82 Å². The molecule has 4 nitrogen and oxygen atoms in total. The number of aromatic nitrogens is 2. The second kappa shape index (κ2) is 5.44. The van der Waals surface area contributed by atoms with Crippen molar-refractivity contribution in [1.82, 2.24) is 9.97 Å². The summed E-state index contributed by atoms with van der Waals surface area (Å²) in [5, 5.41) is 8.79. The van der Waals surface area contributed by atoms with Crippen LogP contribution in [0.3, 0.4) is 0 Å². The molecule has 0 amide bonds. The van der Waals surface area contributed by atoms with Crippen molar-refractivity contribution in [1.29, 1.82) is 0 Å². The second-order valence-corrected chi connectivity index (χ2v) is 5.10. The van der Waals surface area contributed by atoms with E-state index < -0.39 is 23.4 Å². The molecule has 0 spiro atoms. The number of aromatic carboxylic acids is 1. The third-order valence-electron chi connectivity index (χ3n) is 2.65. The molecular formula is C13H8BrF3N2O2. The first-order valence-electron chi connectivity index (χ1n) is 5.64. The average molecular weight is 361 g/mol. The summed E-state index contributed by atoms with van der Waals surface area (Å²) in [5.41, 5.74) is -1.19. The molecule has 2 rings (SSSR count). The number of carboxylic acid groups (broad SMARTS) is 1. The fraction of sp³-hybridized carbons (Fsp3) is 0.154. The van der Waals surface area contributed by atoms with Gasteiger partial charge in [-0.25, -0.2) is 14.8 Å². The quantitative estimate of drug-likeness (QED) is 0.881. The summed E-state index contributed by atoms with van der Waals surface area (Å²) in [7, 11) is 0. The normalized spacial score (nSPS) is 11.5. The smallest absolute Gasteiger partial charge is 0.434 e. The zero-order chi connectivity index (χ0) is 15.8. The van der Waals surface area contributed by atoms with Crippen molar-refractivity contribution in [3.05, 3.63) is 45.7 Å². The van der Waals surface area contributed by atoms with E-state index in [1.807, 2.05) is 6.92 Å². The number of nitrogens with zero attached hydrogens (tertiary/aromatic N) is 2. The summed E-state index contributed by atoms with van der Waals surface area (Å²) in [6, 6.07) is 4.97. The van der Waals surface area contributed by atoms with Crippen molar-refractivity contribution < 1.29 is 23.1 Å². The molecule has 0 atom stereocenters. The highest BCUT2D eigenvalue weighted by molar-refractivity contribution is 9.10. The van der Waals surface area contributed by atoms with E-state index in [1.165, 1.54) is 0 Å². The topological polar surface area (TPSA) is 63.1 Å². The zero-order valence-corrected chi connectivity index (χ0v) is 12.2. The first-order chi connectivity index (χ1) is 9.70. The fourth-order valence-corrected chi connectivity index (χ4v) is 2.36. The Balaban J connectivity index is 2.64. The Bertz CT molecular complexity index is 717. The van der Waals surface area contributed by atoms with Crippen LogP contribution >= 0.6 is 15.9 Å². The summed E-state index contributed by atoms with van der Waals surface area (Å²) in [6.45, 7) is 1.82. The molecule has 1 N–H and O–H groups in total. The molecule has 0 aliphatic carbocycles. The SMILES string of the molecule is Cc1ccc(-c2ncc(C(=O)O)c(C(F)(F)F)n2)c(Br)c1. The van der Waals surface area contributed by atoms with E-state index in [2.05, 4.69) is 25.9 Å². The lowest BCUT2D eigenvalue weighted by Crippen LogP contribution is -2.16. The molecule has 1 aromatic heterocycles. The zero-order valence-electron chi connectivity index (χ0n) is 10.6. The van der Waals surface area contributed by atoms with Gasteiger partial charge in [0.05, 0.1) is 0 Å². The minimum absolute atomic E-state index is 0.195. The maximum atomic E-state index is 12.9. The van der Waals surface area contributed by atoms with Gasteiger partial charge in [-0.15, -0.1) is 0 Å². The van der Waals surface area contributed by atoms with Crippen LogP contribution in [0.25, 0.3) is 11.4 Å². The van der Waals surface area contributed by atoms with Gasteiger partial charge in [0.15, 0.2) is 11.5 Å². The highest BCUT2D eigenvalue weighted by Crippen LogP contribution is 2.33. The Labute approximate surface area is 125 Å². The van der Waals surface area contributed by atoms with Gasteiger partial charge in [-0.05, 0) is 24.6 Å². The van der Waals surface area contributed by atoms with E-state index in [1.54, 1.807) is 18.2 Å². The number of benzene rings is 1. The molecule has 1 aromatic carbocycles. The molecule has 110 valence electrons. The van der Waals surface area contributed by atoms with Gasteiger partial charge in [0.25, 0.3) is 0 Å². The molecule has 8 heteroatoms. The Hall–Kier alpha value is -1.96. The van der Waals surface area contributed by atoms with Gasteiger partial charge in [0, 0.05) is 16.2 Å². The number of carbonyl (C=O) groups is 1. The largest absolute Gasteiger partial charge is 0.478 e. The molecule has 0 aliphatic rings. The van der Waals surface area contributed by atoms with E-state index in [0.29, 0.717) is 16.2 Å². The van der Waals surface area contributed by atoms with Gasteiger partial charge in [-0.1, -0.05) is 22.0 Å². The summed E-state index contributed by atoms with van der Waals surface area (Å²) < 4.78 is 39.2. The number of alkyl halides is 3. The standard InChI is InChI=1S/C13H8BrF3N2O2/c1-6-2-3-7(9(14)4-6)11-18-5-8(12(20)21)10(19-11)13(15,16)17/h2-5H,1H3,(H,20,21). The second-order valence-electron chi connectivity index (χ2n) is 4.24. The first kappa shape index (κ1) is 15.4. The van der Waals surface area contributed by atoms with E-state index in [4.69, 9.17) is 5.11 Å². The molecule has 0 saturated heterocycles. The molecule has 1 heterocycles. The van der Waals surface area contributed by atoms with Crippen LogP contribution in [-0.2, 0) is 6.18 Å². The summed E-state index contributed by atoms with van der Waals surface area (Å²) in [4.78, 5) is 17.9. The van der Waals surface area contributed by atoms with Crippen LogP contribution in [-0.4, -0.2) is 21.0 Å². The van der Waals surface area contributed by atoms with Gasteiger partial charge in [0.1, 0.15) is 5.56 Å². The number of carboxylic acids is 1. The Kier molecular flexibility index (Phi) is 3.99. The maximum Gasteiger partial charge on any atom is 0.434 e. The lowest BCUT2D eigenvalue weighted by atomic mass is 10.1. The van der Waals surface area contributed by atoms with Crippen LogP contribution in [0.15, 0.2) is 28.9 Å². The molecule has 0 saturated carbocycles. The van der Waals surface area contributed by atoms with Gasteiger partial charge in [-0.3, -0.25) is 0 Å². The Morgan fingerprint density at radius 2 is 2.00 bits per heavy atom. The van der Waals surface area contributed by atoms with Crippen molar-refractivity contribution in [2.45, 2.75) is 13.1 Å². The number of rotatable bonds is 2. The predicted molar refractivity (Wildman–Crippen MR) is 71.9 cm³/mol. The maximum absolute atomic E-state index is 12.9. The van der Waals surface area contributed by atoms with Crippen LogP contribution in [0.5, 0.6) is 0 Å². The predicted octanol–water partition coefficient (Wildman–Crippen LogP) is 3.93. The molecular weight excluding hydrogens is 353 g/mol. The summed E-state index contributed by atoms with van der Waals surface area (Å²) >= 11 is 3.23. The van der Waals surface area contributed by atoms with E-state index in [9.17, 15) is 18.0 Å². The van der Waals surface area contributed by atoms with Crippen LogP contribution in [0.2, 0.25) is 0 Å². The van der Waals surface area contributed by atoms with Gasteiger partial charge in [0.2, 0.25) is 0 Å². The average Bonchev–Trinajstić information content (AvgIpc) is 2.37. The molecule has 2 aromatic rings. The number of hydrogen-bond donors (Lipinski definition) is 1. The third-order valence-corrected chi connectivity index (χ3v) is 3.31. The minimum Gasteiger partial charge on any atom is -0.478 e. The van der Waals surface area contributed by atoms with Gasteiger partial charge >= 0.3 is 12.1 Å². The van der Waals surface area contributed by atoms with Crippen LogP contribution < -0.4 is 0 Å². The van der Waals surface area contributed by atoms with Crippen LogP contribution in [0.4, 0.5) is 13.2 Å². The number of halogens is 4. The van der Waals surface area contributed by atoms with Crippen molar-refractivity contribution >= 4 is 21.9 Å². The molecule has 21 heavy (non-hydrogen) atoms. The minimum atomic E-state index is -4.87. The van der Waals surface area contributed by atoms with E-state index >= 15 is 0 Å². The first-order valence-corrected chi connectivity index (χ1v) is 6.43. The number of aryl methyl sites for hydroxylation is 1.